The van der Waals surface area contributed by atoms with E-state index in [1.54, 1.807) is 24.3 Å². The first-order valence-corrected chi connectivity index (χ1v) is 8.60. The first-order valence-electron chi connectivity index (χ1n) is 6.72. The highest BCUT2D eigenvalue weighted by molar-refractivity contribution is 7.86. The van der Waals surface area contributed by atoms with Crippen molar-refractivity contribution in [2.45, 2.75) is 18.9 Å². The first kappa shape index (κ1) is 17.0. The quantitative estimate of drug-likeness (QED) is 0.609. The number of nitrogens with two attached hydrogens (primary N) is 1. The van der Waals surface area contributed by atoms with Crippen LogP contribution in [-0.2, 0) is 19.7 Å². The average molecular weight is 349 g/mol. The number of nitrogens with zero attached hydrogens (tertiary/aromatic N) is 1. The first-order chi connectivity index (χ1) is 10.4. The van der Waals surface area contributed by atoms with Crippen LogP contribution < -0.4 is 9.88 Å². The Bertz CT molecular complexity index is 637. The highest BCUT2D eigenvalue weighted by Crippen LogP contribution is 2.20. The van der Waals surface area contributed by atoms with Gasteiger partial charge in [-0.25, -0.2) is 5.14 Å². The van der Waals surface area contributed by atoms with Crippen LogP contribution in [0.1, 0.15) is 12.8 Å². The maximum Gasteiger partial charge on any atom is 0.324 e. The SMILES string of the molecule is NS(=O)(=O)N1CCCC1C(=O)OCCOc1cccc(Cl)c1. The Morgan fingerprint density at radius 3 is 2.86 bits per heavy atom. The molecule has 0 amide bonds. The van der Waals surface area contributed by atoms with E-state index in [0.717, 1.165) is 4.31 Å². The molecule has 1 aliphatic rings. The zero-order valence-corrected chi connectivity index (χ0v) is 13.3. The number of carbonyl (C=O) groups excluding carboxylic acids is 1. The van der Waals surface area contributed by atoms with Crippen molar-refractivity contribution in [1.29, 1.82) is 0 Å². The van der Waals surface area contributed by atoms with Crippen molar-refractivity contribution < 1.29 is 22.7 Å². The van der Waals surface area contributed by atoms with Crippen LogP contribution in [0.3, 0.4) is 0 Å². The second-order valence-electron chi connectivity index (χ2n) is 4.79. The summed E-state index contributed by atoms with van der Waals surface area (Å²) in [6.07, 6.45) is 0.986. The van der Waals surface area contributed by atoms with Crippen LogP contribution in [0.25, 0.3) is 0 Å². The zero-order valence-electron chi connectivity index (χ0n) is 11.8. The predicted molar refractivity (Wildman–Crippen MR) is 80.7 cm³/mol. The molecule has 0 saturated carbocycles. The Morgan fingerprint density at radius 2 is 2.18 bits per heavy atom. The second kappa shape index (κ2) is 7.28. The summed E-state index contributed by atoms with van der Waals surface area (Å²) in [6, 6.07) is 5.99. The van der Waals surface area contributed by atoms with E-state index < -0.39 is 22.2 Å². The monoisotopic (exact) mass is 348 g/mol. The molecule has 2 N–H and O–H groups in total. The molecule has 9 heteroatoms. The molecule has 1 aliphatic heterocycles. The number of hydrogen-bond donors (Lipinski definition) is 1. The predicted octanol–water partition coefficient (Wildman–Crippen LogP) is 0.930. The fourth-order valence-electron chi connectivity index (χ4n) is 2.24. The van der Waals surface area contributed by atoms with E-state index in [-0.39, 0.29) is 19.8 Å². The zero-order chi connectivity index (χ0) is 16.2. The standard InChI is InChI=1S/C13H17ClN2O5S/c14-10-3-1-4-11(9-10)20-7-8-21-13(17)12-5-2-6-16(12)22(15,18)19/h1,3-4,9,12H,2,5-8H2,(H2,15,18,19). The smallest absolute Gasteiger partial charge is 0.324 e. The molecule has 1 unspecified atom stereocenters. The molecule has 0 aromatic heterocycles. The molecule has 0 radical (unpaired) electrons. The molecular formula is C13H17ClN2O5S. The van der Waals surface area contributed by atoms with Gasteiger partial charge in [0.1, 0.15) is 25.0 Å². The van der Waals surface area contributed by atoms with E-state index in [9.17, 15) is 13.2 Å². The number of hydrogen-bond acceptors (Lipinski definition) is 5. The van der Waals surface area contributed by atoms with E-state index in [1.807, 2.05) is 0 Å². The van der Waals surface area contributed by atoms with Gasteiger partial charge in [-0.15, -0.1) is 0 Å². The van der Waals surface area contributed by atoms with E-state index in [1.165, 1.54) is 0 Å². The normalized spacial score (nSPS) is 19.1. The van der Waals surface area contributed by atoms with Crippen molar-refractivity contribution >= 4 is 27.8 Å². The lowest BCUT2D eigenvalue weighted by atomic mass is 10.2. The lowest BCUT2D eigenvalue weighted by Crippen LogP contribution is -2.44. The summed E-state index contributed by atoms with van der Waals surface area (Å²) in [5.74, 6) is -0.0446. The molecule has 2 rings (SSSR count). The minimum Gasteiger partial charge on any atom is -0.490 e. The molecule has 1 aromatic carbocycles. The van der Waals surface area contributed by atoms with Gasteiger partial charge in [-0.2, -0.15) is 12.7 Å². The number of esters is 1. The van der Waals surface area contributed by atoms with Crippen LogP contribution in [0.5, 0.6) is 5.75 Å². The lowest BCUT2D eigenvalue weighted by molar-refractivity contribution is -0.148. The average Bonchev–Trinajstić information content (AvgIpc) is 2.93. The number of benzene rings is 1. The van der Waals surface area contributed by atoms with Crippen molar-refractivity contribution in [3.8, 4) is 5.75 Å². The number of carbonyl (C=O) groups is 1. The number of halogens is 1. The third kappa shape index (κ3) is 4.57. The van der Waals surface area contributed by atoms with Crippen molar-refractivity contribution in [1.82, 2.24) is 4.31 Å². The summed E-state index contributed by atoms with van der Waals surface area (Å²) in [7, 11) is -3.89. The van der Waals surface area contributed by atoms with Crippen LogP contribution in [0.2, 0.25) is 5.02 Å². The lowest BCUT2D eigenvalue weighted by Gasteiger charge is -2.20. The molecule has 7 nitrogen and oxygen atoms in total. The highest BCUT2D eigenvalue weighted by Gasteiger charge is 2.37. The van der Waals surface area contributed by atoms with Crippen LogP contribution in [0, 0.1) is 0 Å². The van der Waals surface area contributed by atoms with E-state index in [2.05, 4.69) is 0 Å². The van der Waals surface area contributed by atoms with Gasteiger partial charge < -0.3 is 9.47 Å². The Balaban J connectivity index is 1.78. The summed E-state index contributed by atoms with van der Waals surface area (Å²) in [6.45, 7) is 0.395. The summed E-state index contributed by atoms with van der Waals surface area (Å²) < 4.78 is 34.1. The molecule has 0 aliphatic carbocycles. The van der Waals surface area contributed by atoms with Gasteiger partial charge >= 0.3 is 5.97 Å². The molecule has 22 heavy (non-hydrogen) atoms. The molecule has 1 atom stereocenters. The van der Waals surface area contributed by atoms with Crippen molar-refractivity contribution in [3.05, 3.63) is 29.3 Å². The van der Waals surface area contributed by atoms with Gasteiger partial charge in [0, 0.05) is 11.6 Å². The molecule has 1 saturated heterocycles. The van der Waals surface area contributed by atoms with Crippen molar-refractivity contribution in [3.63, 3.8) is 0 Å². The van der Waals surface area contributed by atoms with Crippen LogP contribution >= 0.6 is 11.6 Å². The fourth-order valence-corrected chi connectivity index (χ4v) is 3.35. The van der Waals surface area contributed by atoms with E-state index >= 15 is 0 Å². The molecule has 0 bridgehead atoms. The van der Waals surface area contributed by atoms with Gasteiger partial charge in [-0.05, 0) is 31.0 Å². The van der Waals surface area contributed by atoms with Gasteiger partial charge in [-0.3, -0.25) is 4.79 Å². The summed E-state index contributed by atoms with van der Waals surface area (Å²) in [5, 5.41) is 5.61. The maximum absolute atomic E-state index is 11.9. The van der Waals surface area contributed by atoms with Gasteiger partial charge in [0.2, 0.25) is 0 Å². The Hall–Kier alpha value is -1.35. The van der Waals surface area contributed by atoms with Gasteiger partial charge in [0.25, 0.3) is 10.2 Å². The fraction of sp³-hybridized carbons (Fsp3) is 0.462. The van der Waals surface area contributed by atoms with Gasteiger partial charge in [0.05, 0.1) is 0 Å². The molecule has 1 aromatic rings. The number of rotatable bonds is 6. The Kier molecular flexibility index (Phi) is 5.63. The van der Waals surface area contributed by atoms with Crippen LogP contribution in [-0.4, -0.2) is 44.5 Å². The third-order valence-electron chi connectivity index (χ3n) is 3.20. The summed E-state index contributed by atoms with van der Waals surface area (Å²) in [5.41, 5.74) is 0. The minimum absolute atomic E-state index is 0.0142. The molecular weight excluding hydrogens is 332 g/mol. The van der Waals surface area contributed by atoms with Crippen molar-refractivity contribution in [2.24, 2.45) is 5.14 Å². The third-order valence-corrected chi connectivity index (χ3v) is 4.52. The maximum atomic E-state index is 11.9. The molecule has 1 fully saturated rings. The van der Waals surface area contributed by atoms with Crippen LogP contribution in [0.4, 0.5) is 0 Å². The van der Waals surface area contributed by atoms with E-state index in [0.29, 0.717) is 23.6 Å². The Labute approximate surface area is 134 Å². The van der Waals surface area contributed by atoms with E-state index in [4.69, 9.17) is 26.2 Å². The molecule has 122 valence electrons. The summed E-state index contributed by atoms with van der Waals surface area (Å²) in [4.78, 5) is 11.9. The number of ether oxygens (including phenoxy) is 2. The minimum atomic E-state index is -3.89. The molecule has 1 heterocycles. The second-order valence-corrected chi connectivity index (χ2v) is 6.72. The largest absolute Gasteiger partial charge is 0.490 e. The van der Waals surface area contributed by atoms with Gasteiger partial charge in [0.15, 0.2) is 0 Å². The van der Waals surface area contributed by atoms with Crippen molar-refractivity contribution in [2.75, 3.05) is 19.8 Å². The molecule has 0 spiro atoms. The highest BCUT2D eigenvalue weighted by atomic mass is 35.5. The Morgan fingerprint density at radius 1 is 1.41 bits per heavy atom. The summed E-state index contributed by atoms with van der Waals surface area (Å²) >= 11 is 5.81. The van der Waals surface area contributed by atoms with Crippen LogP contribution in [0.15, 0.2) is 24.3 Å². The van der Waals surface area contributed by atoms with Gasteiger partial charge in [-0.1, -0.05) is 17.7 Å². The topological polar surface area (TPSA) is 98.9 Å².